The van der Waals surface area contributed by atoms with Gasteiger partial charge in [0.05, 0.1) is 11.4 Å². The van der Waals surface area contributed by atoms with E-state index in [2.05, 4.69) is 176 Å². The van der Waals surface area contributed by atoms with E-state index in [4.69, 9.17) is 0 Å². The molecule has 0 saturated carbocycles. The number of allylic oxidation sites excluding steroid dienone is 4. The number of anilines is 5. The summed E-state index contributed by atoms with van der Waals surface area (Å²) < 4.78 is 0. The Kier molecular flexibility index (Phi) is 7.07. The van der Waals surface area contributed by atoms with Gasteiger partial charge < -0.3 is 9.80 Å². The van der Waals surface area contributed by atoms with Crippen LogP contribution in [0.25, 0.3) is 32.3 Å². The smallest absolute Gasteiger partial charge is 0.0540 e. The van der Waals surface area contributed by atoms with Crippen LogP contribution in [-0.2, 0) is 0 Å². The number of rotatable bonds is 7. The third-order valence-electron chi connectivity index (χ3n) is 9.66. The molecule has 0 saturated heterocycles. The number of para-hydroxylation sites is 2. The van der Waals surface area contributed by atoms with Gasteiger partial charge in [0.2, 0.25) is 0 Å². The zero-order chi connectivity index (χ0) is 31.2. The predicted molar refractivity (Wildman–Crippen MR) is 198 cm³/mol. The summed E-state index contributed by atoms with van der Waals surface area (Å²) in [5.74, 6) is 0.461. The molecule has 2 nitrogen and oxygen atoms in total. The Labute approximate surface area is 271 Å². The van der Waals surface area contributed by atoms with Crippen molar-refractivity contribution in [2.45, 2.75) is 33.6 Å². The topological polar surface area (TPSA) is 6.48 Å². The van der Waals surface area contributed by atoms with Gasteiger partial charge in [-0.3, -0.25) is 0 Å². The molecular weight excluding hydrogens is 556 g/mol. The molecule has 1 atom stereocenters. The van der Waals surface area contributed by atoms with Crippen molar-refractivity contribution < 1.29 is 0 Å². The van der Waals surface area contributed by atoms with Crippen LogP contribution in [0.3, 0.4) is 0 Å². The van der Waals surface area contributed by atoms with E-state index in [1.165, 1.54) is 66.2 Å². The molecule has 2 heteroatoms. The van der Waals surface area contributed by atoms with Crippen molar-refractivity contribution in [2.24, 2.45) is 5.92 Å². The van der Waals surface area contributed by atoms with Gasteiger partial charge in [-0.15, -0.1) is 0 Å². The summed E-state index contributed by atoms with van der Waals surface area (Å²) in [6.07, 6.45) is 6.96. The molecule has 0 N–H and O–H groups in total. The summed E-state index contributed by atoms with van der Waals surface area (Å²) in [5.41, 5.74) is 9.89. The van der Waals surface area contributed by atoms with Gasteiger partial charge in [0, 0.05) is 39.4 Å². The summed E-state index contributed by atoms with van der Waals surface area (Å²) in [6.45, 7) is 6.71. The zero-order valence-corrected chi connectivity index (χ0v) is 26.7. The number of hydrogen-bond donors (Lipinski definition) is 0. The van der Waals surface area contributed by atoms with E-state index in [-0.39, 0.29) is 0 Å². The highest BCUT2D eigenvalue weighted by molar-refractivity contribution is 6.28. The molecule has 1 aliphatic carbocycles. The number of aryl methyl sites for hydroxylation is 1. The van der Waals surface area contributed by atoms with Crippen LogP contribution in [-0.4, -0.2) is 0 Å². The maximum Gasteiger partial charge on any atom is 0.0540 e. The first kappa shape index (κ1) is 28.2. The predicted octanol–water partition coefficient (Wildman–Crippen LogP) is 12.8. The van der Waals surface area contributed by atoms with Crippen molar-refractivity contribution in [1.82, 2.24) is 0 Å². The Bertz CT molecular complexity index is 2240. The molecular formula is C44H38N2. The van der Waals surface area contributed by atoms with Crippen molar-refractivity contribution in [3.63, 3.8) is 0 Å². The van der Waals surface area contributed by atoms with Gasteiger partial charge in [0.25, 0.3) is 0 Å². The number of nitrogens with zero attached hydrogens (tertiary/aromatic N) is 2. The fraction of sp³-hybridized carbons (Fsp3) is 0.136. The molecule has 7 aromatic rings. The first-order valence-electron chi connectivity index (χ1n) is 16.5. The minimum Gasteiger partial charge on any atom is -0.313 e. The van der Waals surface area contributed by atoms with Crippen molar-refractivity contribution in [3.8, 4) is 0 Å². The molecule has 0 amide bonds. The third kappa shape index (κ3) is 4.73. The van der Waals surface area contributed by atoms with Crippen LogP contribution in [0.15, 0.2) is 157 Å². The Balaban J connectivity index is 1.41. The van der Waals surface area contributed by atoms with Gasteiger partial charge in [-0.1, -0.05) is 104 Å². The molecule has 8 rings (SSSR count). The quantitative estimate of drug-likeness (QED) is 0.169. The first-order valence-corrected chi connectivity index (χ1v) is 16.5. The molecule has 0 heterocycles. The third-order valence-corrected chi connectivity index (χ3v) is 9.66. The maximum absolute atomic E-state index is 2.53. The molecule has 0 spiro atoms. The molecule has 0 unspecified atom stereocenters. The average Bonchev–Trinajstić information content (AvgIpc) is 3.09. The van der Waals surface area contributed by atoms with Gasteiger partial charge in [0.1, 0.15) is 0 Å². The lowest BCUT2D eigenvalue weighted by molar-refractivity contribution is 0.581. The molecule has 0 aliphatic heterocycles. The second-order valence-corrected chi connectivity index (χ2v) is 12.6. The molecule has 0 radical (unpaired) electrons. The fourth-order valence-electron chi connectivity index (χ4n) is 7.42. The van der Waals surface area contributed by atoms with Gasteiger partial charge in [-0.2, -0.15) is 0 Å². The van der Waals surface area contributed by atoms with Crippen LogP contribution in [0, 0.1) is 12.8 Å². The largest absolute Gasteiger partial charge is 0.313 e. The summed E-state index contributed by atoms with van der Waals surface area (Å²) >= 11 is 0. The first-order chi connectivity index (χ1) is 22.6. The minimum atomic E-state index is 0.461. The van der Waals surface area contributed by atoms with Crippen molar-refractivity contribution in [2.75, 3.05) is 9.80 Å². The molecule has 46 heavy (non-hydrogen) atoms. The molecule has 224 valence electrons. The van der Waals surface area contributed by atoms with E-state index < -0.39 is 0 Å². The van der Waals surface area contributed by atoms with Crippen LogP contribution in [0.2, 0.25) is 0 Å². The highest BCUT2D eigenvalue weighted by atomic mass is 15.2. The Morgan fingerprint density at radius 2 is 1.11 bits per heavy atom. The van der Waals surface area contributed by atoms with Crippen LogP contribution < -0.4 is 9.80 Å². The van der Waals surface area contributed by atoms with Crippen molar-refractivity contribution >= 4 is 60.8 Å². The van der Waals surface area contributed by atoms with E-state index in [1.54, 1.807) is 0 Å². The van der Waals surface area contributed by atoms with Gasteiger partial charge in [-0.25, -0.2) is 0 Å². The van der Waals surface area contributed by atoms with E-state index in [0.717, 1.165) is 24.2 Å². The fourth-order valence-corrected chi connectivity index (χ4v) is 7.42. The maximum atomic E-state index is 2.53. The van der Waals surface area contributed by atoms with Crippen LogP contribution in [0.1, 0.15) is 32.3 Å². The number of benzene rings is 7. The lowest BCUT2D eigenvalue weighted by Gasteiger charge is -2.35. The van der Waals surface area contributed by atoms with Gasteiger partial charge >= 0.3 is 0 Å². The number of hydrogen-bond acceptors (Lipinski definition) is 2. The van der Waals surface area contributed by atoms with E-state index in [1.807, 2.05) is 0 Å². The van der Waals surface area contributed by atoms with Crippen LogP contribution in [0.4, 0.5) is 28.4 Å². The summed E-state index contributed by atoms with van der Waals surface area (Å²) in [7, 11) is 0. The highest BCUT2D eigenvalue weighted by Gasteiger charge is 2.26. The average molecular weight is 595 g/mol. The SMILES string of the molecule is CC[C@@H]1CC=C(C)C=C1N(c1ccccc1)c1ccc2ccc3c(N(c4ccccc4)c4cccc(C)c4)ccc4ccc1c2c43. The summed E-state index contributed by atoms with van der Waals surface area (Å²) in [4.78, 5) is 4.93. The van der Waals surface area contributed by atoms with Crippen molar-refractivity contribution in [3.05, 3.63) is 162 Å². The van der Waals surface area contributed by atoms with E-state index in [9.17, 15) is 0 Å². The zero-order valence-electron chi connectivity index (χ0n) is 26.7. The van der Waals surface area contributed by atoms with Crippen LogP contribution in [0.5, 0.6) is 0 Å². The standard InChI is InChI=1S/C44H38N2/c1-4-32-19-18-31(3)29-42(32)46(36-15-9-6-10-16-36)41-27-23-34-20-24-38-40(26-22-33-21-25-39(41)44(34)43(33)38)45(35-13-7-5-8-14-35)37-17-11-12-30(2)28-37/h5-18,20-29,32H,4,19H2,1-3H3/t32-/m1/s1. The summed E-state index contributed by atoms with van der Waals surface area (Å²) in [5, 5.41) is 7.71. The second kappa shape index (κ2) is 11.5. The molecule has 0 fully saturated rings. The minimum absolute atomic E-state index is 0.461. The highest BCUT2D eigenvalue weighted by Crippen LogP contribution is 2.47. The lowest BCUT2D eigenvalue weighted by Crippen LogP contribution is -2.24. The van der Waals surface area contributed by atoms with Crippen molar-refractivity contribution in [1.29, 1.82) is 0 Å². The Morgan fingerprint density at radius 3 is 1.70 bits per heavy atom. The monoisotopic (exact) mass is 594 g/mol. The lowest BCUT2D eigenvalue weighted by atomic mass is 9.88. The van der Waals surface area contributed by atoms with Gasteiger partial charge in [-0.05, 0) is 108 Å². The Morgan fingerprint density at radius 1 is 0.565 bits per heavy atom. The molecule has 0 bridgehead atoms. The van der Waals surface area contributed by atoms with Gasteiger partial charge in [0.15, 0.2) is 0 Å². The normalized spacial score (nSPS) is 14.9. The molecule has 1 aliphatic rings. The second-order valence-electron chi connectivity index (χ2n) is 12.6. The van der Waals surface area contributed by atoms with E-state index in [0.29, 0.717) is 5.92 Å². The molecule has 7 aromatic carbocycles. The summed E-state index contributed by atoms with van der Waals surface area (Å²) in [6, 6.07) is 49.0. The Hall–Kier alpha value is -5.34. The van der Waals surface area contributed by atoms with E-state index >= 15 is 0 Å². The van der Waals surface area contributed by atoms with Crippen LogP contribution >= 0.6 is 0 Å². The molecule has 0 aromatic heterocycles.